The predicted octanol–water partition coefficient (Wildman–Crippen LogP) is 2.67. The minimum atomic E-state index is -0.401. The van der Waals surface area contributed by atoms with Crippen LogP contribution in [0.3, 0.4) is 0 Å². The smallest absolute Gasteiger partial charge is 0.263 e. The minimum absolute atomic E-state index is 0. The Balaban J connectivity index is 0.00000182. The number of amides is 1. The molecule has 1 amide bonds. The van der Waals surface area contributed by atoms with Crippen LogP contribution in [0.15, 0.2) is 24.3 Å². The van der Waals surface area contributed by atoms with E-state index >= 15 is 0 Å². The Morgan fingerprint density at radius 1 is 1.33 bits per heavy atom. The van der Waals surface area contributed by atoms with E-state index in [1.165, 1.54) is 11.3 Å². The molecule has 0 saturated carbocycles. The number of β-amino-alcohol motifs (C(OH)–C–C–N with tert-alkyl or cyclic N) is 1. The van der Waals surface area contributed by atoms with E-state index in [0.717, 1.165) is 28.6 Å². The highest BCUT2D eigenvalue weighted by atomic mass is 35.5. The molecule has 2 heterocycles. The Hall–Kier alpha value is -1.38. The lowest BCUT2D eigenvalue weighted by Gasteiger charge is -2.13. The number of aliphatic hydroxyl groups excluding tert-OH is 1. The summed E-state index contributed by atoms with van der Waals surface area (Å²) in [6, 6.07) is 7.71. The van der Waals surface area contributed by atoms with Crippen LogP contribution in [-0.4, -0.2) is 48.3 Å². The predicted molar refractivity (Wildman–Crippen MR) is 113 cm³/mol. The van der Waals surface area contributed by atoms with Crippen molar-refractivity contribution in [3.8, 4) is 16.3 Å². The van der Waals surface area contributed by atoms with Gasteiger partial charge in [0.1, 0.15) is 15.6 Å². The van der Waals surface area contributed by atoms with Crippen LogP contribution in [0, 0.1) is 12.8 Å². The second-order valence-corrected chi connectivity index (χ2v) is 7.09. The number of rotatable bonds is 6. The van der Waals surface area contributed by atoms with Gasteiger partial charge in [-0.15, -0.1) is 36.2 Å². The number of hydrogen-bond acceptors (Lipinski definition) is 6. The van der Waals surface area contributed by atoms with Gasteiger partial charge in [0.2, 0.25) is 0 Å². The summed E-state index contributed by atoms with van der Waals surface area (Å²) in [6.45, 7) is 6.19. The summed E-state index contributed by atoms with van der Waals surface area (Å²) >= 11 is 1.38. The molecule has 0 radical (unpaired) electrons. The molecule has 0 bridgehead atoms. The summed E-state index contributed by atoms with van der Waals surface area (Å²) < 4.78 is 5.45. The summed E-state index contributed by atoms with van der Waals surface area (Å²) in [5, 5.41) is 16.6. The van der Waals surface area contributed by atoms with Gasteiger partial charge in [-0.25, -0.2) is 4.98 Å². The van der Waals surface area contributed by atoms with Crippen LogP contribution in [0.2, 0.25) is 0 Å². The standard InChI is InChI=1S/C18H23N3O3S.2ClH/c1-3-24-14-6-4-12(5-7-14)18-21-11(2)16(25-18)17(23)20-9-13-8-19-10-15(13)22;;/h4-7,13,15,19,22H,3,8-10H2,1-2H3,(H,20,23);2*1H. The third kappa shape index (κ3) is 5.80. The Bertz CT molecular complexity index is 740. The van der Waals surface area contributed by atoms with Crippen molar-refractivity contribution < 1.29 is 14.6 Å². The van der Waals surface area contributed by atoms with E-state index in [-0.39, 0.29) is 36.6 Å². The van der Waals surface area contributed by atoms with Crippen LogP contribution in [0.1, 0.15) is 22.3 Å². The van der Waals surface area contributed by atoms with Crippen molar-refractivity contribution in [3.05, 3.63) is 34.8 Å². The van der Waals surface area contributed by atoms with Crippen molar-refractivity contribution in [1.82, 2.24) is 15.6 Å². The summed E-state index contributed by atoms with van der Waals surface area (Å²) in [6.07, 6.45) is -0.401. The molecule has 1 aromatic heterocycles. The molecule has 3 rings (SSSR count). The van der Waals surface area contributed by atoms with E-state index in [9.17, 15) is 9.90 Å². The number of carbonyl (C=O) groups is 1. The molecule has 1 aromatic carbocycles. The van der Waals surface area contributed by atoms with Crippen molar-refractivity contribution in [2.75, 3.05) is 26.2 Å². The number of aromatic nitrogens is 1. The molecule has 0 aliphatic carbocycles. The lowest BCUT2D eigenvalue weighted by atomic mass is 10.1. The number of aliphatic hydroxyl groups is 1. The summed E-state index contributed by atoms with van der Waals surface area (Å²) in [4.78, 5) is 17.6. The van der Waals surface area contributed by atoms with Crippen molar-refractivity contribution in [3.63, 3.8) is 0 Å². The molecule has 9 heteroatoms. The van der Waals surface area contributed by atoms with E-state index in [1.54, 1.807) is 0 Å². The van der Waals surface area contributed by atoms with Crippen LogP contribution < -0.4 is 15.4 Å². The number of thiazole rings is 1. The molecule has 6 nitrogen and oxygen atoms in total. The number of nitrogens with one attached hydrogen (secondary N) is 2. The highest BCUT2D eigenvalue weighted by molar-refractivity contribution is 7.17. The zero-order chi connectivity index (χ0) is 17.8. The lowest BCUT2D eigenvalue weighted by molar-refractivity contribution is 0.0930. The van der Waals surface area contributed by atoms with Gasteiger partial charge in [0.25, 0.3) is 5.91 Å². The van der Waals surface area contributed by atoms with Crippen LogP contribution in [-0.2, 0) is 0 Å². The lowest BCUT2D eigenvalue weighted by Crippen LogP contribution is -2.34. The quantitative estimate of drug-likeness (QED) is 0.651. The van der Waals surface area contributed by atoms with Gasteiger partial charge in [-0.1, -0.05) is 0 Å². The van der Waals surface area contributed by atoms with E-state index in [1.807, 2.05) is 38.1 Å². The number of ether oxygens (including phenoxy) is 1. The summed E-state index contributed by atoms with van der Waals surface area (Å²) in [5.74, 6) is 0.746. The number of aryl methyl sites for hydroxylation is 1. The van der Waals surface area contributed by atoms with Gasteiger partial charge < -0.3 is 20.5 Å². The van der Waals surface area contributed by atoms with Gasteiger partial charge >= 0.3 is 0 Å². The maximum Gasteiger partial charge on any atom is 0.263 e. The monoisotopic (exact) mass is 433 g/mol. The first kappa shape index (κ1) is 23.7. The first-order valence-electron chi connectivity index (χ1n) is 8.46. The van der Waals surface area contributed by atoms with Crippen LogP contribution in [0.25, 0.3) is 10.6 Å². The molecule has 2 atom stereocenters. The number of carbonyl (C=O) groups excluding carboxylic acids is 1. The zero-order valence-corrected chi connectivity index (χ0v) is 17.7. The Morgan fingerprint density at radius 2 is 2.04 bits per heavy atom. The number of halogens is 2. The zero-order valence-electron chi connectivity index (χ0n) is 15.2. The average Bonchev–Trinajstić information content (AvgIpc) is 3.19. The molecule has 3 N–H and O–H groups in total. The third-order valence-corrected chi connectivity index (χ3v) is 5.45. The largest absolute Gasteiger partial charge is 0.494 e. The number of benzene rings is 1. The van der Waals surface area contributed by atoms with Gasteiger partial charge in [0.05, 0.1) is 18.4 Å². The molecule has 2 aromatic rings. The van der Waals surface area contributed by atoms with Crippen LogP contribution in [0.4, 0.5) is 0 Å². The summed E-state index contributed by atoms with van der Waals surface area (Å²) in [5.41, 5.74) is 1.68. The molecule has 1 aliphatic heterocycles. The first-order valence-corrected chi connectivity index (χ1v) is 9.27. The molecular weight excluding hydrogens is 409 g/mol. The Kier molecular flexibility index (Phi) is 9.49. The molecule has 1 aliphatic rings. The highest BCUT2D eigenvalue weighted by Crippen LogP contribution is 2.29. The first-order chi connectivity index (χ1) is 12.1. The molecule has 27 heavy (non-hydrogen) atoms. The molecular formula is C18H25Cl2N3O3S. The maximum absolute atomic E-state index is 12.5. The second-order valence-electron chi connectivity index (χ2n) is 6.09. The van der Waals surface area contributed by atoms with Gasteiger partial charge in [-0.3, -0.25) is 4.79 Å². The van der Waals surface area contributed by atoms with Crippen molar-refractivity contribution in [2.24, 2.45) is 5.92 Å². The SMILES string of the molecule is CCOc1ccc(-c2nc(C)c(C(=O)NCC3CNCC3O)s2)cc1.Cl.Cl. The van der Waals surface area contributed by atoms with Crippen molar-refractivity contribution in [1.29, 1.82) is 0 Å². The fourth-order valence-corrected chi connectivity index (χ4v) is 3.81. The van der Waals surface area contributed by atoms with Crippen molar-refractivity contribution >= 4 is 42.1 Å². The van der Waals surface area contributed by atoms with Gasteiger partial charge in [0.15, 0.2) is 0 Å². The van der Waals surface area contributed by atoms with E-state index in [2.05, 4.69) is 15.6 Å². The molecule has 1 saturated heterocycles. The Morgan fingerprint density at radius 3 is 2.63 bits per heavy atom. The highest BCUT2D eigenvalue weighted by Gasteiger charge is 2.26. The van der Waals surface area contributed by atoms with E-state index in [4.69, 9.17) is 4.74 Å². The third-order valence-electron chi connectivity index (χ3n) is 4.24. The number of hydrogen-bond donors (Lipinski definition) is 3. The number of nitrogens with zero attached hydrogens (tertiary/aromatic N) is 1. The van der Waals surface area contributed by atoms with E-state index in [0.29, 0.717) is 24.6 Å². The fourth-order valence-electron chi connectivity index (χ4n) is 2.82. The summed E-state index contributed by atoms with van der Waals surface area (Å²) in [7, 11) is 0. The van der Waals surface area contributed by atoms with Crippen LogP contribution >= 0.6 is 36.2 Å². The average molecular weight is 434 g/mol. The second kappa shape index (κ2) is 10.8. The van der Waals surface area contributed by atoms with Gasteiger partial charge in [-0.2, -0.15) is 0 Å². The normalized spacial score (nSPS) is 18.3. The molecule has 1 fully saturated rings. The van der Waals surface area contributed by atoms with E-state index < -0.39 is 6.10 Å². The molecule has 0 spiro atoms. The van der Waals surface area contributed by atoms with Gasteiger partial charge in [-0.05, 0) is 38.1 Å². The topological polar surface area (TPSA) is 83.5 Å². The Labute approximate surface area is 175 Å². The molecule has 150 valence electrons. The fraction of sp³-hybridized carbons (Fsp3) is 0.444. The molecule has 2 unspecified atom stereocenters. The van der Waals surface area contributed by atoms with Crippen LogP contribution in [0.5, 0.6) is 5.75 Å². The van der Waals surface area contributed by atoms with Crippen molar-refractivity contribution in [2.45, 2.75) is 20.0 Å². The maximum atomic E-state index is 12.5. The minimum Gasteiger partial charge on any atom is -0.494 e. The van der Waals surface area contributed by atoms with Gasteiger partial charge in [0, 0.05) is 31.1 Å².